The first kappa shape index (κ1) is 27.2. The highest BCUT2D eigenvalue weighted by Gasteiger charge is 2.44. The van der Waals surface area contributed by atoms with Crippen LogP contribution in [-0.2, 0) is 23.7 Å². The van der Waals surface area contributed by atoms with E-state index >= 15 is 0 Å². The topological polar surface area (TPSA) is 102 Å². The predicted octanol–water partition coefficient (Wildman–Crippen LogP) is 3.40. The van der Waals surface area contributed by atoms with Gasteiger partial charge in [-0.2, -0.15) is 0 Å². The number of hydrogen-bond acceptors (Lipinski definition) is 7. The number of carbonyl (C=O) groups excluding carboxylic acids is 4. The lowest BCUT2D eigenvalue weighted by Gasteiger charge is -2.34. The van der Waals surface area contributed by atoms with Crippen molar-refractivity contribution in [2.45, 2.75) is 58.4 Å². The fourth-order valence-electron chi connectivity index (χ4n) is 3.52. The van der Waals surface area contributed by atoms with Gasteiger partial charge in [0.1, 0.15) is 12.1 Å². The second-order valence-corrected chi connectivity index (χ2v) is 9.54. The number of carbonyl (C=O) groups is 4. The van der Waals surface area contributed by atoms with E-state index in [9.17, 15) is 19.2 Å². The van der Waals surface area contributed by atoms with Crippen LogP contribution in [0.5, 0.6) is 0 Å². The standard InChI is InChI=1S/C22H29BCl2N2O6/c1-12(2)8-15(23-32-21(30)13(3)27(5)14(4)22(31)33-23)9-17(28)11-26-20(29)18-10-16(24)6-7-19(18)25/h6-7,10,12-15H,8-9,11H2,1-5H3,(H,26,29)/t13-,14-,15-/m1/s1. The van der Waals surface area contributed by atoms with Crippen molar-refractivity contribution in [2.75, 3.05) is 13.6 Å². The SMILES string of the molecule is CC(C)C[C@H](CC(=O)CNC(=O)c1cc(Cl)ccc1Cl)B1OC(=O)[C@@H](C)N(C)[C@H](C)C(=O)O1. The number of likely N-dealkylation sites (N-methyl/N-ethyl adjacent to an activating group) is 1. The zero-order chi connectivity index (χ0) is 24.9. The Morgan fingerprint density at radius 3 is 2.24 bits per heavy atom. The highest BCUT2D eigenvalue weighted by Crippen LogP contribution is 2.29. The second-order valence-electron chi connectivity index (χ2n) is 8.70. The van der Waals surface area contributed by atoms with Gasteiger partial charge in [0.15, 0.2) is 5.78 Å². The lowest BCUT2D eigenvalue weighted by Crippen LogP contribution is -2.53. The molecule has 1 aliphatic rings. The van der Waals surface area contributed by atoms with Crippen molar-refractivity contribution in [1.29, 1.82) is 0 Å². The fraction of sp³-hybridized carbons (Fsp3) is 0.545. The van der Waals surface area contributed by atoms with Gasteiger partial charge < -0.3 is 14.6 Å². The molecule has 2 rings (SSSR count). The molecule has 1 amide bonds. The lowest BCUT2D eigenvalue weighted by atomic mass is 9.65. The summed E-state index contributed by atoms with van der Waals surface area (Å²) >= 11 is 11.9. The van der Waals surface area contributed by atoms with Crippen LogP contribution >= 0.6 is 23.2 Å². The largest absolute Gasteiger partial charge is 0.602 e. The van der Waals surface area contributed by atoms with Gasteiger partial charge in [-0.1, -0.05) is 37.0 Å². The smallest absolute Gasteiger partial charge is 0.498 e. The van der Waals surface area contributed by atoms with Gasteiger partial charge in [-0.15, -0.1) is 0 Å². The first-order valence-corrected chi connectivity index (χ1v) is 11.5. The molecule has 33 heavy (non-hydrogen) atoms. The summed E-state index contributed by atoms with van der Waals surface area (Å²) in [4.78, 5) is 51.7. The molecule has 11 heteroatoms. The summed E-state index contributed by atoms with van der Waals surface area (Å²) in [6.45, 7) is 6.93. The van der Waals surface area contributed by atoms with E-state index in [4.69, 9.17) is 32.5 Å². The maximum atomic E-state index is 12.7. The Morgan fingerprint density at radius 1 is 1.12 bits per heavy atom. The molecule has 1 aliphatic heterocycles. The average Bonchev–Trinajstić information content (AvgIpc) is 2.75. The van der Waals surface area contributed by atoms with Gasteiger partial charge in [0.05, 0.1) is 17.1 Å². The van der Waals surface area contributed by atoms with Gasteiger partial charge in [0.2, 0.25) is 0 Å². The number of ketones is 1. The van der Waals surface area contributed by atoms with Gasteiger partial charge in [0, 0.05) is 17.3 Å². The van der Waals surface area contributed by atoms with Crippen molar-refractivity contribution >= 4 is 53.9 Å². The summed E-state index contributed by atoms with van der Waals surface area (Å²) in [5.74, 6) is -2.33. The second kappa shape index (κ2) is 11.9. The zero-order valence-corrected chi connectivity index (χ0v) is 20.9. The average molecular weight is 499 g/mol. The lowest BCUT2D eigenvalue weighted by molar-refractivity contribution is -0.153. The van der Waals surface area contributed by atoms with Gasteiger partial charge in [-0.25, -0.2) is 0 Å². The minimum atomic E-state index is -1.19. The summed E-state index contributed by atoms with van der Waals surface area (Å²) in [6.07, 6.45) is 0.426. The molecule has 1 fully saturated rings. The van der Waals surface area contributed by atoms with Crippen LogP contribution in [0, 0.1) is 5.92 Å². The molecule has 3 atom stereocenters. The van der Waals surface area contributed by atoms with Gasteiger partial charge in [-0.05, 0) is 51.4 Å². The Kier molecular flexibility index (Phi) is 9.76. The molecule has 1 heterocycles. The molecule has 180 valence electrons. The summed E-state index contributed by atoms with van der Waals surface area (Å²) in [5, 5.41) is 3.09. The van der Waals surface area contributed by atoms with E-state index in [0.29, 0.717) is 11.4 Å². The number of benzene rings is 1. The van der Waals surface area contributed by atoms with Crippen LogP contribution in [0.15, 0.2) is 18.2 Å². The number of hydrogen-bond donors (Lipinski definition) is 1. The van der Waals surface area contributed by atoms with E-state index in [1.54, 1.807) is 31.9 Å². The quantitative estimate of drug-likeness (QED) is 0.548. The molecule has 0 saturated carbocycles. The van der Waals surface area contributed by atoms with Crippen molar-refractivity contribution in [2.24, 2.45) is 5.92 Å². The Hall–Kier alpha value is -2.10. The molecule has 1 N–H and O–H groups in total. The maximum absolute atomic E-state index is 12.7. The Balaban J connectivity index is 2.10. The van der Waals surface area contributed by atoms with E-state index in [1.165, 1.54) is 12.1 Å². The number of Topliss-reactive ketones (excluding diaryl/α,β-unsaturated/α-hetero) is 1. The predicted molar refractivity (Wildman–Crippen MR) is 126 cm³/mol. The molecule has 0 spiro atoms. The highest BCUT2D eigenvalue weighted by molar-refractivity contribution is 6.51. The molecular formula is C22H29BCl2N2O6. The van der Waals surface area contributed by atoms with Gasteiger partial charge in [0.25, 0.3) is 5.91 Å². The third-order valence-corrected chi connectivity index (χ3v) is 6.20. The van der Waals surface area contributed by atoms with Crippen molar-refractivity contribution < 1.29 is 28.5 Å². The fourth-order valence-corrected chi connectivity index (χ4v) is 3.89. The van der Waals surface area contributed by atoms with E-state index in [0.717, 1.165) is 0 Å². The minimum absolute atomic E-state index is 0.0500. The van der Waals surface area contributed by atoms with Crippen LogP contribution in [0.2, 0.25) is 15.9 Å². The molecule has 0 bridgehead atoms. The minimum Gasteiger partial charge on any atom is -0.498 e. The van der Waals surface area contributed by atoms with Crippen molar-refractivity contribution in [3.8, 4) is 0 Å². The van der Waals surface area contributed by atoms with Crippen LogP contribution in [0.1, 0.15) is 50.9 Å². The van der Waals surface area contributed by atoms with Crippen LogP contribution < -0.4 is 5.32 Å². The summed E-state index contributed by atoms with van der Waals surface area (Å²) in [5.41, 5.74) is 0.158. The Bertz CT molecular complexity index is 889. The van der Waals surface area contributed by atoms with Crippen LogP contribution in [0.4, 0.5) is 0 Å². The summed E-state index contributed by atoms with van der Waals surface area (Å²) in [6, 6.07) is 3.17. The molecule has 1 aromatic carbocycles. The van der Waals surface area contributed by atoms with Crippen LogP contribution in [0.3, 0.4) is 0 Å². The Morgan fingerprint density at radius 2 is 1.70 bits per heavy atom. The molecule has 0 aliphatic carbocycles. The summed E-state index contributed by atoms with van der Waals surface area (Å²) in [7, 11) is 0.454. The van der Waals surface area contributed by atoms with Crippen molar-refractivity contribution in [3.05, 3.63) is 33.8 Å². The first-order chi connectivity index (χ1) is 15.4. The molecule has 0 aromatic heterocycles. The van der Waals surface area contributed by atoms with Crippen molar-refractivity contribution in [1.82, 2.24) is 10.2 Å². The van der Waals surface area contributed by atoms with E-state index in [-0.39, 0.29) is 35.3 Å². The normalized spacial score (nSPS) is 20.5. The summed E-state index contributed by atoms with van der Waals surface area (Å²) < 4.78 is 11.0. The monoisotopic (exact) mass is 498 g/mol. The maximum Gasteiger partial charge on any atom is 0.602 e. The number of nitrogens with zero attached hydrogens (tertiary/aromatic N) is 1. The Labute approximate surface area is 204 Å². The molecule has 1 aromatic rings. The molecule has 1 saturated heterocycles. The van der Waals surface area contributed by atoms with Crippen LogP contribution in [0.25, 0.3) is 0 Å². The number of rotatable bonds is 8. The zero-order valence-electron chi connectivity index (χ0n) is 19.4. The van der Waals surface area contributed by atoms with E-state index < -0.39 is 42.9 Å². The molecule has 0 unspecified atom stereocenters. The number of halogens is 2. The molecule has 0 radical (unpaired) electrons. The van der Waals surface area contributed by atoms with E-state index in [1.807, 2.05) is 13.8 Å². The van der Waals surface area contributed by atoms with Crippen LogP contribution in [-0.4, -0.2) is 61.3 Å². The van der Waals surface area contributed by atoms with Crippen molar-refractivity contribution in [3.63, 3.8) is 0 Å². The molecular weight excluding hydrogens is 470 g/mol. The van der Waals surface area contributed by atoms with Gasteiger partial charge in [-0.3, -0.25) is 24.1 Å². The van der Waals surface area contributed by atoms with E-state index in [2.05, 4.69) is 5.32 Å². The first-order valence-electron chi connectivity index (χ1n) is 10.8. The third-order valence-electron chi connectivity index (χ3n) is 5.64. The number of amides is 1. The molecule has 8 nitrogen and oxygen atoms in total. The number of nitrogens with one attached hydrogen (secondary N) is 1. The highest BCUT2D eigenvalue weighted by atomic mass is 35.5. The van der Waals surface area contributed by atoms with Gasteiger partial charge >= 0.3 is 19.1 Å². The third kappa shape index (κ3) is 7.45.